The molecular formula is C65H127NO5. The Morgan fingerprint density at radius 3 is 1.00 bits per heavy atom. The molecule has 6 nitrogen and oxygen atoms in total. The summed E-state index contributed by atoms with van der Waals surface area (Å²) in [6, 6.07) is -0.541. The van der Waals surface area contributed by atoms with E-state index in [0.29, 0.717) is 25.9 Å². The first kappa shape index (κ1) is 69.6. The fourth-order valence-electron chi connectivity index (χ4n) is 10.3. The zero-order valence-corrected chi connectivity index (χ0v) is 48.2. The summed E-state index contributed by atoms with van der Waals surface area (Å²) in [6.07, 6.45) is 73.7. The van der Waals surface area contributed by atoms with Crippen molar-refractivity contribution in [2.24, 2.45) is 0 Å². The number of esters is 1. The van der Waals surface area contributed by atoms with Gasteiger partial charge >= 0.3 is 5.97 Å². The molecule has 0 saturated carbocycles. The van der Waals surface area contributed by atoms with Gasteiger partial charge in [-0.25, -0.2) is 0 Å². The molecule has 0 fully saturated rings. The van der Waals surface area contributed by atoms with Gasteiger partial charge < -0.3 is 20.3 Å². The van der Waals surface area contributed by atoms with Crippen molar-refractivity contribution in [3.05, 3.63) is 12.2 Å². The maximum absolute atomic E-state index is 12.5. The molecule has 0 aliphatic carbocycles. The fourth-order valence-corrected chi connectivity index (χ4v) is 10.3. The highest BCUT2D eigenvalue weighted by atomic mass is 16.5. The van der Waals surface area contributed by atoms with E-state index in [-0.39, 0.29) is 18.5 Å². The first-order chi connectivity index (χ1) is 35.0. The number of aliphatic hydroxyl groups is 2. The van der Waals surface area contributed by atoms with Crippen molar-refractivity contribution in [3.63, 3.8) is 0 Å². The summed E-state index contributed by atoms with van der Waals surface area (Å²) in [5.41, 5.74) is 0. The average molecular weight is 1000 g/mol. The molecule has 0 bridgehead atoms. The lowest BCUT2D eigenvalue weighted by atomic mass is 10.0. The van der Waals surface area contributed by atoms with Crippen LogP contribution in [0, 0.1) is 0 Å². The Kier molecular flexibility index (Phi) is 59.9. The summed E-state index contributed by atoms with van der Waals surface area (Å²) in [4.78, 5) is 24.6. The van der Waals surface area contributed by atoms with Crippen LogP contribution in [0.15, 0.2) is 12.2 Å². The number of rotatable bonds is 61. The summed E-state index contributed by atoms with van der Waals surface area (Å²) < 4.78 is 5.50. The predicted molar refractivity (Wildman–Crippen MR) is 310 cm³/mol. The molecule has 0 heterocycles. The molecule has 0 aromatic carbocycles. The first-order valence-corrected chi connectivity index (χ1v) is 32.4. The van der Waals surface area contributed by atoms with Crippen LogP contribution in [0.3, 0.4) is 0 Å². The van der Waals surface area contributed by atoms with Crippen LogP contribution < -0.4 is 5.32 Å². The molecule has 0 aromatic heterocycles. The van der Waals surface area contributed by atoms with Gasteiger partial charge in [-0.15, -0.1) is 0 Å². The van der Waals surface area contributed by atoms with Crippen molar-refractivity contribution in [1.29, 1.82) is 0 Å². The van der Waals surface area contributed by atoms with Crippen molar-refractivity contribution in [1.82, 2.24) is 5.32 Å². The molecule has 0 aliphatic heterocycles. The molecule has 3 N–H and O–H groups in total. The van der Waals surface area contributed by atoms with Gasteiger partial charge in [-0.1, -0.05) is 315 Å². The Labute approximate surface area is 444 Å². The second-order valence-electron chi connectivity index (χ2n) is 22.5. The molecule has 0 radical (unpaired) electrons. The third kappa shape index (κ3) is 57.7. The van der Waals surface area contributed by atoms with Gasteiger partial charge in [-0.05, 0) is 51.4 Å². The number of ether oxygens (including phenoxy) is 1. The van der Waals surface area contributed by atoms with Crippen molar-refractivity contribution < 1.29 is 24.5 Å². The number of carbonyl (C=O) groups excluding carboxylic acids is 2. The monoisotopic (exact) mass is 1000 g/mol. The van der Waals surface area contributed by atoms with Crippen LogP contribution in [0.1, 0.15) is 367 Å². The smallest absolute Gasteiger partial charge is 0.305 e. The van der Waals surface area contributed by atoms with Gasteiger partial charge in [0.25, 0.3) is 0 Å². The maximum atomic E-state index is 12.5. The molecule has 1 amide bonds. The zero-order chi connectivity index (χ0) is 51.4. The highest BCUT2D eigenvalue weighted by Crippen LogP contribution is 2.18. The maximum Gasteiger partial charge on any atom is 0.305 e. The molecule has 0 aromatic rings. The zero-order valence-electron chi connectivity index (χ0n) is 48.2. The summed E-state index contributed by atoms with van der Waals surface area (Å²) in [7, 11) is 0. The number of carbonyl (C=O) groups is 2. The second-order valence-corrected chi connectivity index (χ2v) is 22.5. The van der Waals surface area contributed by atoms with E-state index in [4.69, 9.17) is 4.74 Å². The average Bonchev–Trinajstić information content (AvgIpc) is 3.37. The van der Waals surface area contributed by atoms with Crippen molar-refractivity contribution in [3.8, 4) is 0 Å². The number of nitrogens with one attached hydrogen (secondary N) is 1. The van der Waals surface area contributed by atoms with Crippen molar-refractivity contribution >= 4 is 11.9 Å². The molecular weight excluding hydrogens is 875 g/mol. The van der Waals surface area contributed by atoms with Gasteiger partial charge in [0, 0.05) is 12.8 Å². The lowest BCUT2D eigenvalue weighted by Gasteiger charge is -2.22. The van der Waals surface area contributed by atoms with Gasteiger partial charge in [0.2, 0.25) is 5.91 Å². The molecule has 0 saturated heterocycles. The molecule has 6 heteroatoms. The molecule has 2 unspecified atom stereocenters. The molecule has 0 spiro atoms. The Hall–Kier alpha value is -1.40. The van der Waals surface area contributed by atoms with E-state index in [9.17, 15) is 19.8 Å². The van der Waals surface area contributed by atoms with Gasteiger partial charge in [-0.2, -0.15) is 0 Å². The molecule has 71 heavy (non-hydrogen) atoms. The summed E-state index contributed by atoms with van der Waals surface area (Å²) in [5.74, 6) is -0.0232. The van der Waals surface area contributed by atoms with Crippen molar-refractivity contribution in [2.45, 2.75) is 379 Å². The molecule has 422 valence electrons. The number of hydrogen-bond donors (Lipinski definition) is 3. The third-order valence-electron chi connectivity index (χ3n) is 15.3. The second kappa shape index (κ2) is 61.1. The number of aliphatic hydroxyl groups excluding tert-OH is 2. The van der Waals surface area contributed by atoms with E-state index in [1.807, 2.05) is 0 Å². The van der Waals surface area contributed by atoms with E-state index in [0.717, 1.165) is 44.9 Å². The normalized spacial score (nSPS) is 12.6. The SMILES string of the molecule is CCCCCCCCC/C=C\CCCCCCCCCC(=O)OCCCCCCCCCCCCCCCCCCCCCCCC(=O)NC(CO)C(O)CCCCCCCCCCCCCCCCC. The summed E-state index contributed by atoms with van der Waals surface area (Å²) in [5, 5.41) is 23.3. The van der Waals surface area contributed by atoms with Crippen LogP contribution in [0.25, 0.3) is 0 Å². The van der Waals surface area contributed by atoms with Crippen LogP contribution in [-0.4, -0.2) is 47.4 Å². The van der Waals surface area contributed by atoms with Crippen LogP contribution in [0.5, 0.6) is 0 Å². The summed E-state index contributed by atoms with van der Waals surface area (Å²) >= 11 is 0. The molecule has 0 rings (SSSR count). The van der Waals surface area contributed by atoms with Gasteiger partial charge in [0.15, 0.2) is 0 Å². The Morgan fingerprint density at radius 2 is 0.662 bits per heavy atom. The predicted octanol–water partition coefficient (Wildman–Crippen LogP) is 20.4. The largest absolute Gasteiger partial charge is 0.466 e. The first-order valence-electron chi connectivity index (χ1n) is 32.4. The minimum absolute atomic E-state index is 0.0100. The van der Waals surface area contributed by atoms with Crippen LogP contribution in [0.4, 0.5) is 0 Å². The number of hydrogen-bond acceptors (Lipinski definition) is 5. The van der Waals surface area contributed by atoms with Crippen LogP contribution in [0.2, 0.25) is 0 Å². The molecule has 0 aliphatic rings. The van der Waals surface area contributed by atoms with E-state index in [2.05, 4.69) is 31.3 Å². The van der Waals surface area contributed by atoms with E-state index in [1.165, 1.54) is 289 Å². The Bertz CT molecular complexity index is 1060. The topological polar surface area (TPSA) is 95.9 Å². The quantitative estimate of drug-likeness (QED) is 0.0320. The highest BCUT2D eigenvalue weighted by molar-refractivity contribution is 5.76. The summed E-state index contributed by atoms with van der Waals surface area (Å²) in [6.45, 7) is 4.98. The Balaban J connectivity index is 3.36. The van der Waals surface area contributed by atoms with E-state index >= 15 is 0 Å². The standard InChI is InChI=1S/C65H127NO5/c1-3-5-7-9-11-13-15-17-19-20-27-31-35-39-43-47-51-55-59-65(70)71-60-56-52-48-44-40-36-32-28-25-23-21-22-24-26-30-34-38-42-46-50-54-58-64(69)66-62(61-67)63(68)57-53-49-45-41-37-33-29-18-16-14-12-10-8-6-4-2/h19-20,62-63,67-68H,3-18,21-61H2,1-2H3,(H,66,69)/b20-19-. The van der Waals surface area contributed by atoms with E-state index in [1.54, 1.807) is 0 Å². The van der Waals surface area contributed by atoms with Gasteiger partial charge in [-0.3, -0.25) is 9.59 Å². The highest BCUT2D eigenvalue weighted by Gasteiger charge is 2.20. The lowest BCUT2D eigenvalue weighted by Crippen LogP contribution is -2.45. The fraction of sp³-hybridized carbons (Fsp3) is 0.938. The van der Waals surface area contributed by atoms with Gasteiger partial charge in [0.05, 0.1) is 25.4 Å². The Morgan fingerprint density at radius 1 is 0.380 bits per heavy atom. The van der Waals surface area contributed by atoms with Crippen molar-refractivity contribution in [2.75, 3.05) is 13.2 Å². The van der Waals surface area contributed by atoms with Crippen LogP contribution >= 0.6 is 0 Å². The number of amides is 1. The molecule has 2 atom stereocenters. The number of allylic oxidation sites excluding steroid dienone is 2. The third-order valence-corrected chi connectivity index (χ3v) is 15.3. The van der Waals surface area contributed by atoms with Gasteiger partial charge in [0.1, 0.15) is 0 Å². The lowest BCUT2D eigenvalue weighted by molar-refractivity contribution is -0.143. The number of unbranched alkanes of at least 4 members (excludes halogenated alkanes) is 48. The van der Waals surface area contributed by atoms with E-state index < -0.39 is 12.1 Å². The minimum Gasteiger partial charge on any atom is -0.466 e. The van der Waals surface area contributed by atoms with Crippen LogP contribution in [-0.2, 0) is 14.3 Å². The minimum atomic E-state index is -0.664.